The maximum absolute atomic E-state index is 13.6. The zero-order valence-corrected chi connectivity index (χ0v) is 18.7. The summed E-state index contributed by atoms with van der Waals surface area (Å²) in [6.45, 7) is 2.28. The summed E-state index contributed by atoms with van der Waals surface area (Å²) in [5.41, 5.74) is 0.912. The van der Waals surface area contributed by atoms with Gasteiger partial charge >= 0.3 is 0 Å². The number of hydrogen-bond acceptors (Lipinski definition) is 5. The van der Waals surface area contributed by atoms with Gasteiger partial charge in [0.15, 0.2) is 6.04 Å². The van der Waals surface area contributed by atoms with Crippen LogP contribution in [0.3, 0.4) is 0 Å². The fourth-order valence-electron chi connectivity index (χ4n) is 3.67. The molecule has 7 nitrogen and oxygen atoms in total. The molecule has 1 amide bonds. The summed E-state index contributed by atoms with van der Waals surface area (Å²) in [7, 11) is -4.19. The van der Waals surface area contributed by atoms with E-state index in [1.165, 1.54) is 12.1 Å². The van der Waals surface area contributed by atoms with E-state index in [9.17, 15) is 18.3 Å². The van der Waals surface area contributed by atoms with Gasteiger partial charge in [-0.1, -0.05) is 41.9 Å². The van der Waals surface area contributed by atoms with Crippen LogP contribution in [-0.2, 0) is 14.8 Å². The Labute approximate surface area is 191 Å². The van der Waals surface area contributed by atoms with Gasteiger partial charge in [0.05, 0.1) is 27.9 Å². The van der Waals surface area contributed by atoms with E-state index < -0.39 is 28.1 Å². The number of sulfonamides is 1. The third-order valence-corrected chi connectivity index (χ3v) is 7.28. The lowest BCUT2D eigenvalue weighted by molar-refractivity contribution is -0.119. The Kier molecular flexibility index (Phi) is 6.10. The van der Waals surface area contributed by atoms with Crippen molar-refractivity contribution in [3.63, 3.8) is 0 Å². The molecule has 1 aliphatic heterocycles. The van der Waals surface area contributed by atoms with Gasteiger partial charge in [-0.05, 0) is 49.4 Å². The lowest BCUT2D eigenvalue weighted by atomic mass is 10.1. The summed E-state index contributed by atoms with van der Waals surface area (Å²) in [6, 6.07) is 17.6. The molecule has 0 radical (unpaired) electrons. The summed E-state index contributed by atoms with van der Waals surface area (Å²) in [5.74, 6) is -0.169. The Morgan fingerprint density at radius 1 is 1.06 bits per heavy atom. The fourth-order valence-corrected chi connectivity index (χ4v) is 5.50. The van der Waals surface area contributed by atoms with Crippen LogP contribution < -0.4 is 14.4 Å². The topological polar surface area (TPSA) is 95.9 Å². The van der Waals surface area contributed by atoms with Gasteiger partial charge < -0.3 is 15.2 Å². The number of aliphatic hydroxyl groups is 1. The van der Waals surface area contributed by atoms with Gasteiger partial charge in [-0.2, -0.15) is 0 Å². The van der Waals surface area contributed by atoms with Gasteiger partial charge in [0.25, 0.3) is 15.9 Å². The van der Waals surface area contributed by atoms with E-state index in [2.05, 4.69) is 5.32 Å². The molecule has 3 aromatic rings. The van der Waals surface area contributed by atoms with Crippen LogP contribution in [0.15, 0.2) is 77.7 Å². The van der Waals surface area contributed by atoms with Crippen molar-refractivity contribution in [1.29, 1.82) is 0 Å². The Morgan fingerprint density at radius 2 is 1.72 bits per heavy atom. The van der Waals surface area contributed by atoms with Crippen molar-refractivity contribution in [2.75, 3.05) is 16.2 Å². The van der Waals surface area contributed by atoms with Gasteiger partial charge in [0.1, 0.15) is 11.9 Å². The first kappa shape index (κ1) is 22.1. The molecule has 2 unspecified atom stereocenters. The molecule has 1 heterocycles. The van der Waals surface area contributed by atoms with Gasteiger partial charge in [-0.25, -0.2) is 8.42 Å². The highest BCUT2D eigenvalue weighted by atomic mass is 35.5. The van der Waals surface area contributed by atoms with Crippen LogP contribution in [0.25, 0.3) is 0 Å². The van der Waals surface area contributed by atoms with Crippen LogP contribution >= 0.6 is 11.6 Å². The quantitative estimate of drug-likeness (QED) is 0.565. The van der Waals surface area contributed by atoms with E-state index in [1.54, 1.807) is 60.7 Å². The van der Waals surface area contributed by atoms with Crippen molar-refractivity contribution < 1.29 is 23.1 Å². The Bertz CT molecular complexity index is 1250. The SMILES string of the molecule is CCOc1ccc(S(=O)(=O)N2c3ccccc3C(O)C2C(=O)Nc2ccccc2Cl)cc1. The average molecular weight is 473 g/mol. The predicted octanol–water partition coefficient (Wildman–Crippen LogP) is 3.99. The normalized spacial score (nSPS) is 17.7. The molecule has 0 saturated carbocycles. The summed E-state index contributed by atoms with van der Waals surface area (Å²) in [6.07, 6.45) is -1.36. The van der Waals surface area contributed by atoms with Crippen molar-refractivity contribution in [2.24, 2.45) is 0 Å². The molecule has 0 bridgehead atoms. The zero-order chi connectivity index (χ0) is 22.9. The number of nitrogens with one attached hydrogen (secondary N) is 1. The molecule has 0 fully saturated rings. The number of benzene rings is 3. The highest BCUT2D eigenvalue weighted by molar-refractivity contribution is 7.93. The predicted molar refractivity (Wildman–Crippen MR) is 123 cm³/mol. The molecule has 166 valence electrons. The van der Waals surface area contributed by atoms with E-state index >= 15 is 0 Å². The summed E-state index contributed by atoms with van der Waals surface area (Å²) in [4.78, 5) is 13.2. The number of rotatable bonds is 6. The van der Waals surface area contributed by atoms with E-state index in [4.69, 9.17) is 16.3 Å². The monoisotopic (exact) mass is 472 g/mol. The smallest absolute Gasteiger partial charge is 0.265 e. The first-order valence-electron chi connectivity index (χ1n) is 9.94. The van der Waals surface area contributed by atoms with Crippen LogP contribution in [0.5, 0.6) is 5.75 Å². The summed E-state index contributed by atoms with van der Waals surface area (Å²) < 4.78 is 33.6. The minimum Gasteiger partial charge on any atom is -0.494 e. The molecule has 32 heavy (non-hydrogen) atoms. The fraction of sp³-hybridized carbons (Fsp3) is 0.174. The van der Waals surface area contributed by atoms with Crippen molar-refractivity contribution in [3.05, 3.63) is 83.4 Å². The first-order chi connectivity index (χ1) is 15.3. The van der Waals surface area contributed by atoms with Crippen LogP contribution in [0.1, 0.15) is 18.6 Å². The highest BCUT2D eigenvalue weighted by Gasteiger charge is 2.48. The van der Waals surface area contributed by atoms with E-state index in [-0.39, 0.29) is 10.6 Å². The largest absolute Gasteiger partial charge is 0.494 e. The Morgan fingerprint density at radius 3 is 2.41 bits per heavy atom. The number of fused-ring (bicyclic) bond motifs is 1. The summed E-state index contributed by atoms with van der Waals surface area (Å²) >= 11 is 6.14. The molecule has 2 N–H and O–H groups in total. The molecule has 2 atom stereocenters. The Balaban J connectivity index is 1.75. The van der Waals surface area contributed by atoms with E-state index in [0.717, 1.165) is 4.31 Å². The lowest BCUT2D eigenvalue weighted by Crippen LogP contribution is -2.47. The number of carbonyl (C=O) groups excluding carboxylic acids is 1. The molecule has 0 spiro atoms. The standard InChI is InChI=1S/C23H21ClN2O5S/c1-2-31-15-11-13-16(14-12-15)32(29,30)26-20-10-6-3-7-17(20)22(27)21(26)23(28)25-19-9-5-4-8-18(19)24/h3-14,21-22,27H,2H2,1H3,(H,25,28). The highest BCUT2D eigenvalue weighted by Crippen LogP contribution is 2.43. The van der Waals surface area contributed by atoms with Gasteiger partial charge in [-0.15, -0.1) is 0 Å². The molecule has 9 heteroatoms. The molecular formula is C23H21ClN2O5S. The third-order valence-electron chi connectivity index (χ3n) is 5.14. The van der Waals surface area contributed by atoms with Crippen molar-refractivity contribution >= 4 is 38.9 Å². The number of amides is 1. The minimum absolute atomic E-state index is 0.0274. The first-order valence-corrected chi connectivity index (χ1v) is 11.8. The minimum atomic E-state index is -4.19. The number of halogens is 1. The number of nitrogens with zero attached hydrogens (tertiary/aromatic N) is 1. The second-order valence-corrected chi connectivity index (χ2v) is 9.34. The molecule has 0 saturated heterocycles. The van der Waals surface area contributed by atoms with Crippen molar-refractivity contribution in [2.45, 2.75) is 24.0 Å². The maximum Gasteiger partial charge on any atom is 0.265 e. The lowest BCUT2D eigenvalue weighted by Gasteiger charge is -2.27. The molecule has 4 rings (SSSR count). The molecular weight excluding hydrogens is 452 g/mol. The van der Waals surface area contributed by atoms with Crippen LogP contribution in [0.4, 0.5) is 11.4 Å². The zero-order valence-electron chi connectivity index (χ0n) is 17.1. The molecule has 3 aromatic carbocycles. The second-order valence-electron chi connectivity index (χ2n) is 7.12. The number of ether oxygens (including phenoxy) is 1. The van der Waals surface area contributed by atoms with E-state index in [1.807, 2.05) is 6.92 Å². The third kappa shape index (κ3) is 3.92. The second kappa shape index (κ2) is 8.82. The Hall–Kier alpha value is -3.07. The van der Waals surface area contributed by atoms with Crippen molar-refractivity contribution in [3.8, 4) is 5.75 Å². The van der Waals surface area contributed by atoms with Gasteiger partial charge in [-0.3, -0.25) is 9.10 Å². The molecule has 1 aliphatic rings. The molecule has 0 aliphatic carbocycles. The van der Waals surface area contributed by atoms with Crippen molar-refractivity contribution in [1.82, 2.24) is 0 Å². The van der Waals surface area contributed by atoms with Crippen LogP contribution in [0, 0.1) is 0 Å². The summed E-state index contributed by atoms with van der Waals surface area (Å²) in [5, 5.41) is 13.9. The number of hydrogen-bond donors (Lipinski definition) is 2. The number of anilines is 2. The molecule has 0 aromatic heterocycles. The van der Waals surface area contributed by atoms with Crippen LogP contribution in [0.2, 0.25) is 5.02 Å². The average Bonchev–Trinajstić information content (AvgIpc) is 3.09. The van der Waals surface area contributed by atoms with Crippen LogP contribution in [-0.4, -0.2) is 32.1 Å². The van der Waals surface area contributed by atoms with E-state index in [0.29, 0.717) is 28.6 Å². The number of aliphatic hydroxyl groups excluding tert-OH is 1. The van der Waals surface area contributed by atoms with Gasteiger partial charge in [0, 0.05) is 5.56 Å². The number of carbonyl (C=O) groups is 1. The maximum atomic E-state index is 13.6. The number of para-hydroxylation sites is 2. The van der Waals surface area contributed by atoms with Gasteiger partial charge in [0.2, 0.25) is 0 Å².